The Kier molecular flexibility index (Phi) is 40.5. The van der Waals surface area contributed by atoms with Gasteiger partial charge in [0.25, 0.3) is 23.9 Å². The first-order chi connectivity index (χ1) is 8.93. The highest BCUT2D eigenvalue weighted by molar-refractivity contribution is 8.61. The summed E-state index contributed by atoms with van der Waals surface area (Å²) in [6.07, 6.45) is 0. The van der Waals surface area contributed by atoms with Crippen molar-refractivity contribution in [1.29, 1.82) is 0 Å². The predicted octanol–water partition coefficient (Wildman–Crippen LogP) is 0.245. The van der Waals surface area contributed by atoms with Crippen LogP contribution in [0.4, 0.5) is 0 Å². The normalized spacial score (nSPS) is 7.18. The molecule has 0 aliphatic carbocycles. The summed E-state index contributed by atoms with van der Waals surface area (Å²) in [7, 11) is -3.97. The number of hydrogen-bond donors (Lipinski definition) is 7. The van der Waals surface area contributed by atoms with Gasteiger partial charge in [-0.15, -0.1) is 0 Å². The number of carboxylic acids is 4. The van der Waals surface area contributed by atoms with E-state index in [0.717, 1.165) is 27.7 Å². The van der Waals surface area contributed by atoms with Gasteiger partial charge < -0.3 is 26.6 Å². The molecule has 0 aromatic heterocycles. The Balaban J connectivity index is -0.0000000361. The van der Waals surface area contributed by atoms with Crippen molar-refractivity contribution in [2.75, 3.05) is 0 Å². The first-order valence-electron chi connectivity index (χ1n) is 4.41. The van der Waals surface area contributed by atoms with Crippen LogP contribution in [0.25, 0.3) is 0 Å². The van der Waals surface area contributed by atoms with Gasteiger partial charge in [0, 0.05) is 27.7 Å². The molecule has 0 aromatic carbocycles. The van der Waals surface area contributed by atoms with E-state index in [0.29, 0.717) is 0 Å². The highest BCUT2D eigenvalue weighted by Crippen LogP contribution is 1.81. The van der Waals surface area contributed by atoms with Crippen LogP contribution < -0.4 is 6.15 Å². The third-order valence-corrected chi connectivity index (χ3v) is 0. The van der Waals surface area contributed by atoms with Gasteiger partial charge in [0.05, 0.1) is 0 Å². The zero-order valence-electron chi connectivity index (χ0n) is 12.2. The number of aliphatic carboxylic acids is 4. The second-order valence-corrected chi connectivity index (χ2v) is 4.80. The molecule has 0 aliphatic rings. The summed E-state index contributed by atoms with van der Waals surface area (Å²) in [6.45, 7) is 4.33. The predicted molar refractivity (Wildman–Crippen MR) is 78.8 cm³/mol. The molecule has 0 amide bonds. The number of carbonyl (C=O) groups is 4. The summed E-state index contributed by atoms with van der Waals surface area (Å²) < 4.78 is 25.5. The minimum Gasteiger partial charge on any atom is -0.481 e. The molecule has 0 fully saturated rings. The molecule has 12 nitrogen and oxygen atoms in total. The van der Waals surface area contributed by atoms with Crippen LogP contribution in [0.2, 0.25) is 0 Å². The van der Waals surface area contributed by atoms with E-state index in [1.54, 1.807) is 0 Å². The number of hydrogen-bond acceptors (Lipinski definition) is 7. The lowest BCUT2D eigenvalue weighted by Gasteiger charge is -1.67. The fraction of sp³-hybridized carbons (Fsp3) is 0.500. The molecule has 0 unspecified atom stereocenters. The Hall–Kier alpha value is -1.90. The van der Waals surface area contributed by atoms with Crippen molar-refractivity contribution in [3.63, 3.8) is 0 Å². The Bertz CT molecular complexity index is 332. The summed E-state index contributed by atoms with van der Waals surface area (Å²) in [4.78, 5) is 36.0. The summed E-state index contributed by atoms with van der Waals surface area (Å²) in [5.41, 5.74) is 0. The van der Waals surface area contributed by atoms with E-state index in [1.165, 1.54) is 0 Å². The summed E-state index contributed by atoms with van der Waals surface area (Å²) in [5.74, 6) is -3.33. The average Bonchev–Trinajstić information content (AvgIpc) is 1.91. The van der Waals surface area contributed by atoms with Crippen LogP contribution in [-0.4, -0.2) is 57.3 Å². The Morgan fingerprint density at radius 3 is 0.682 bits per heavy atom. The van der Waals surface area contributed by atoms with Gasteiger partial charge in [-0.2, -0.15) is 8.42 Å². The van der Waals surface area contributed by atoms with Crippen LogP contribution in [0.5, 0.6) is 0 Å². The Labute approximate surface area is 131 Å². The van der Waals surface area contributed by atoms with Crippen LogP contribution in [0, 0.1) is 0 Å². The molecule has 14 heteroatoms. The largest absolute Gasteiger partial charge is 0.481 e. The van der Waals surface area contributed by atoms with E-state index in [1.807, 2.05) is 0 Å². The molecule has 0 atom stereocenters. The zero-order chi connectivity index (χ0) is 18.8. The highest BCUT2D eigenvalue weighted by atomic mass is 33.1. The van der Waals surface area contributed by atoms with E-state index in [4.69, 9.17) is 52.6 Å². The van der Waals surface area contributed by atoms with E-state index in [9.17, 15) is 0 Å². The molecule has 0 aliphatic heterocycles. The summed E-state index contributed by atoms with van der Waals surface area (Å²) in [6, 6.07) is 0. The van der Waals surface area contributed by atoms with Gasteiger partial charge in [-0.25, -0.2) is 0 Å². The lowest BCUT2D eigenvalue weighted by atomic mass is 10.9. The monoisotopic (exact) mass is 371 g/mol. The van der Waals surface area contributed by atoms with Crippen LogP contribution in [0.3, 0.4) is 0 Å². The molecular weight excluding hydrogens is 350 g/mol. The van der Waals surface area contributed by atoms with Crippen molar-refractivity contribution >= 4 is 44.7 Å². The maximum atomic E-state index is 9.05. The maximum absolute atomic E-state index is 9.05. The van der Waals surface area contributed by atoms with Gasteiger partial charge in [0.2, 0.25) is 0 Å². The molecule has 8 N–H and O–H groups in total. The van der Waals surface area contributed by atoms with Crippen molar-refractivity contribution in [2.45, 2.75) is 27.7 Å². The number of rotatable bonds is 0. The van der Waals surface area contributed by atoms with Crippen molar-refractivity contribution in [2.24, 2.45) is 0 Å². The molecule has 0 spiro atoms. The Morgan fingerprint density at radius 1 is 0.682 bits per heavy atom. The molecule has 0 saturated carbocycles. The molecule has 0 saturated heterocycles. The minimum absolute atomic E-state index is 0. The van der Waals surface area contributed by atoms with Crippen LogP contribution in [-0.2, 0) is 28.3 Å². The van der Waals surface area contributed by atoms with E-state index in [-0.39, 0.29) is 6.15 Å². The highest BCUT2D eigenvalue weighted by Gasteiger charge is 1.83. The topological polar surface area (TPSA) is 239 Å². The van der Waals surface area contributed by atoms with E-state index < -0.39 is 33.0 Å². The fourth-order valence-electron chi connectivity index (χ4n) is 0. The maximum Gasteiger partial charge on any atom is 0.316 e. The average molecular weight is 371 g/mol. The van der Waals surface area contributed by atoms with Crippen molar-refractivity contribution in [3.8, 4) is 0 Å². The van der Waals surface area contributed by atoms with Crippen molar-refractivity contribution in [3.05, 3.63) is 0 Å². The van der Waals surface area contributed by atoms with E-state index in [2.05, 4.69) is 11.7 Å². The van der Waals surface area contributed by atoms with Gasteiger partial charge in [0.1, 0.15) is 0 Å². The zero-order valence-corrected chi connectivity index (χ0v) is 14.0. The van der Waals surface area contributed by atoms with Gasteiger partial charge in [-0.1, -0.05) is 0 Å². The third kappa shape index (κ3) is 1470. The second-order valence-electron chi connectivity index (χ2n) is 2.52. The van der Waals surface area contributed by atoms with Gasteiger partial charge in [-0.3, -0.25) is 23.7 Å². The molecule has 0 bridgehead atoms. The van der Waals surface area contributed by atoms with Crippen molar-refractivity contribution in [1.82, 2.24) is 6.15 Å². The molecule has 0 rings (SSSR count). The number of carboxylic acid groups (broad SMARTS) is 4. The fourth-order valence-corrected chi connectivity index (χ4v) is 0. The van der Waals surface area contributed by atoms with Crippen LogP contribution in [0.15, 0.2) is 0 Å². The van der Waals surface area contributed by atoms with Gasteiger partial charge in [0.15, 0.2) is 0 Å². The van der Waals surface area contributed by atoms with Crippen LogP contribution >= 0.6 is 11.7 Å². The first-order valence-corrected chi connectivity index (χ1v) is 6.90. The smallest absolute Gasteiger partial charge is 0.316 e. The lowest BCUT2D eigenvalue weighted by molar-refractivity contribution is -0.135. The summed E-state index contributed by atoms with van der Waals surface area (Å²) >= 11 is 2.65. The molecule has 0 radical (unpaired) electrons. The molecule has 136 valence electrons. The SMILES string of the molecule is CC(=O)O.CC(=O)O.CC(=O)O.CC(=O)O.N.O=S(=O)(O)S. The lowest BCUT2D eigenvalue weighted by Crippen LogP contribution is -1.78. The Morgan fingerprint density at radius 2 is 0.682 bits per heavy atom. The van der Waals surface area contributed by atoms with E-state index >= 15 is 0 Å². The molecule has 0 heterocycles. The quantitative estimate of drug-likeness (QED) is 0.172. The van der Waals surface area contributed by atoms with Gasteiger partial charge >= 0.3 is 9.15 Å². The summed E-state index contributed by atoms with van der Waals surface area (Å²) in [5, 5.41) is 29.7. The van der Waals surface area contributed by atoms with Crippen molar-refractivity contribution < 1.29 is 52.6 Å². The molecule has 0 aromatic rings. The second kappa shape index (κ2) is 24.1. The third-order valence-electron chi connectivity index (χ3n) is 0. The number of thiol groups is 1. The standard InChI is InChI=1S/4C2H4O2.H3N.H2O3S2/c4*1-2(3)4;;1-5(2,3)4/h4*1H3,(H,3,4);1H3;(H2,1,2,3,4). The first kappa shape index (κ1) is 36.9. The minimum atomic E-state index is -3.97. The van der Waals surface area contributed by atoms with Gasteiger partial charge in [-0.05, 0) is 11.7 Å². The van der Waals surface area contributed by atoms with Crippen LogP contribution in [0.1, 0.15) is 27.7 Å². The molecular formula is C8H21NO11S2. The molecule has 22 heavy (non-hydrogen) atoms.